The summed E-state index contributed by atoms with van der Waals surface area (Å²) in [7, 11) is 0. The van der Waals surface area contributed by atoms with E-state index >= 15 is 0 Å². The van der Waals surface area contributed by atoms with Gasteiger partial charge in [0.25, 0.3) is 5.91 Å². The largest absolute Gasteiger partial charge is 0.490 e. The summed E-state index contributed by atoms with van der Waals surface area (Å²) in [6.45, 7) is 5.39. The van der Waals surface area contributed by atoms with Crippen LogP contribution in [0.2, 0.25) is 0 Å². The third kappa shape index (κ3) is 3.87. The zero-order valence-corrected chi connectivity index (χ0v) is 15.0. The molecule has 1 heterocycles. The molecule has 2 aromatic rings. The molecule has 134 valence electrons. The fourth-order valence-corrected chi connectivity index (χ4v) is 3.03. The van der Waals surface area contributed by atoms with E-state index in [-0.39, 0.29) is 18.6 Å². The monoisotopic (exact) mass is 343 g/mol. The summed E-state index contributed by atoms with van der Waals surface area (Å²) in [4.78, 5) is 12.6. The second-order valence-electron chi connectivity index (χ2n) is 6.95. The second kappa shape index (κ2) is 6.92. The van der Waals surface area contributed by atoms with Crippen molar-refractivity contribution in [1.29, 1.82) is 0 Å². The van der Waals surface area contributed by atoms with Crippen LogP contribution < -0.4 is 10.1 Å². The molecule has 0 aliphatic heterocycles. The standard InChI is InChI=1S/C20H25NO4/c1-13-11-17(14(2)24-13)20(3,23)12-21-19(22)16-9-4-5-10-18(16)25-15-7-6-8-15/h4-5,9-11,15,23H,6-8,12H2,1-3H3,(H,21,22). The van der Waals surface area contributed by atoms with Crippen LogP contribution in [0.1, 0.15) is 53.6 Å². The van der Waals surface area contributed by atoms with Gasteiger partial charge in [0.2, 0.25) is 0 Å². The molecule has 1 aliphatic carbocycles. The first-order chi connectivity index (χ1) is 11.9. The summed E-state index contributed by atoms with van der Waals surface area (Å²) in [5.74, 6) is 1.73. The lowest BCUT2D eigenvalue weighted by molar-refractivity contribution is 0.0510. The van der Waals surface area contributed by atoms with Gasteiger partial charge in [0.15, 0.2) is 0 Å². The van der Waals surface area contributed by atoms with E-state index in [9.17, 15) is 9.90 Å². The predicted molar refractivity (Wildman–Crippen MR) is 94.8 cm³/mol. The van der Waals surface area contributed by atoms with Gasteiger partial charge in [-0.3, -0.25) is 4.79 Å². The Morgan fingerprint density at radius 3 is 2.68 bits per heavy atom. The topological polar surface area (TPSA) is 71.7 Å². The van der Waals surface area contributed by atoms with Gasteiger partial charge in [-0.2, -0.15) is 0 Å². The van der Waals surface area contributed by atoms with Gasteiger partial charge in [-0.25, -0.2) is 0 Å². The lowest BCUT2D eigenvalue weighted by Gasteiger charge is -2.27. The van der Waals surface area contributed by atoms with E-state index < -0.39 is 5.60 Å². The molecule has 25 heavy (non-hydrogen) atoms. The Morgan fingerprint density at radius 1 is 1.36 bits per heavy atom. The number of ether oxygens (including phenoxy) is 1. The molecule has 1 aliphatic rings. The molecule has 1 aromatic carbocycles. The van der Waals surface area contributed by atoms with Crippen LogP contribution >= 0.6 is 0 Å². The second-order valence-corrected chi connectivity index (χ2v) is 6.95. The van der Waals surface area contributed by atoms with Gasteiger partial charge in [-0.1, -0.05) is 12.1 Å². The van der Waals surface area contributed by atoms with Gasteiger partial charge in [0.1, 0.15) is 22.9 Å². The van der Waals surface area contributed by atoms with Crippen molar-refractivity contribution in [2.24, 2.45) is 0 Å². The van der Waals surface area contributed by atoms with E-state index in [0.717, 1.165) is 18.6 Å². The summed E-state index contributed by atoms with van der Waals surface area (Å²) < 4.78 is 11.4. The summed E-state index contributed by atoms with van der Waals surface area (Å²) in [6.07, 6.45) is 3.44. The van der Waals surface area contributed by atoms with E-state index in [1.54, 1.807) is 26.0 Å². The maximum atomic E-state index is 12.6. The number of nitrogens with one attached hydrogen (secondary N) is 1. The molecule has 3 rings (SSSR count). The quantitative estimate of drug-likeness (QED) is 0.842. The first-order valence-electron chi connectivity index (χ1n) is 8.70. The van der Waals surface area contributed by atoms with Gasteiger partial charge >= 0.3 is 0 Å². The highest BCUT2D eigenvalue weighted by Gasteiger charge is 2.29. The first-order valence-corrected chi connectivity index (χ1v) is 8.70. The average Bonchev–Trinajstić information content (AvgIpc) is 2.88. The van der Waals surface area contributed by atoms with Gasteiger partial charge in [0, 0.05) is 5.56 Å². The number of rotatable bonds is 6. The van der Waals surface area contributed by atoms with Crippen LogP contribution in [0.3, 0.4) is 0 Å². The number of amides is 1. The van der Waals surface area contributed by atoms with Crippen molar-refractivity contribution in [2.45, 2.75) is 51.7 Å². The first kappa shape index (κ1) is 17.5. The molecule has 1 fully saturated rings. The fraction of sp³-hybridized carbons (Fsp3) is 0.450. The molecule has 1 aromatic heterocycles. The molecule has 1 unspecified atom stereocenters. The molecule has 0 spiro atoms. The summed E-state index contributed by atoms with van der Waals surface area (Å²) in [5.41, 5.74) is -0.0315. The number of hydrogen-bond acceptors (Lipinski definition) is 4. The minimum atomic E-state index is -1.21. The van der Waals surface area contributed by atoms with Crippen molar-refractivity contribution in [3.05, 3.63) is 53.0 Å². The average molecular weight is 343 g/mol. The van der Waals surface area contributed by atoms with E-state index in [0.29, 0.717) is 22.6 Å². The Kier molecular flexibility index (Phi) is 4.86. The van der Waals surface area contributed by atoms with Gasteiger partial charge in [-0.15, -0.1) is 0 Å². The number of para-hydroxylation sites is 1. The molecule has 0 radical (unpaired) electrons. The highest BCUT2D eigenvalue weighted by Crippen LogP contribution is 2.29. The zero-order valence-electron chi connectivity index (χ0n) is 15.0. The molecule has 1 amide bonds. The number of carbonyl (C=O) groups is 1. The van der Waals surface area contributed by atoms with E-state index in [2.05, 4.69) is 5.32 Å². The Balaban J connectivity index is 1.69. The van der Waals surface area contributed by atoms with E-state index in [4.69, 9.17) is 9.15 Å². The maximum absolute atomic E-state index is 12.6. The molecular weight excluding hydrogens is 318 g/mol. The number of benzene rings is 1. The highest BCUT2D eigenvalue weighted by molar-refractivity contribution is 5.96. The molecule has 0 bridgehead atoms. The highest BCUT2D eigenvalue weighted by atomic mass is 16.5. The molecule has 0 saturated heterocycles. The van der Waals surface area contributed by atoms with E-state index in [1.807, 2.05) is 25.1 Å². The van der Waals surface area contributed by atoms with Crippen molar-refractivity contribution in [1.82, 2.24) is 5.32 Å². The predicted octanol–water partition coefficient (Wildman–Crippen LogP) is 3.47. The summed E-state index contributed by atoms with van der Waals surface area (Å²) in [6, 6.07) is 9.03. The lowest BCUT2D eigenvalue weighted by atomic mass is 9.95. The van der Waals surface area contributed by atoms with Crippen LogP contribution in [0, 0.1) is 13.8 Å². The SMILES string of the molecule is Cc1cc(C(C)(O)CNC(=O)c2ccccc2OC2CCC2)c(C)o1. The minimum absolute atomic E-state index is 0.0867. The summed E-state index contributed by atoms with van der Waals surface area (Å²) >= 11 is 0. The minimum Gasteiger partial charge on any atom is -0.490 e. The number of furan rings is 1. The molecule has 2 N–H and O–H groups in total. The zero-order chi connectivity index (χ0) is 18.0. The summed E-state index contributed by atoms with van der Waals surface area (Å²) in [5, 5.41) is 13.5. The number of carbonyl (C=O) groups excluding carboxylic acids is 1. The van der Waals surface area contributed by atoms with Gasteiger partial charge in [-0.05, 0) is 58.2 Å². The van der Waals surface area contributed by atoms with Gasteiger partial charge in [0.05, 0.1) is 18.2 Å². The third-order valence-electron chi connectivity index (χ3n) is 4.69. The van der Waals surface area contributed by atoms with Gasteiger partial charge < -0.3 is 19.6 Å². The third-order valence-corrected chi connectivity index (χ3v) is 4.69. The molecule has 1 saturated carbocycles. The smallest absolute Gasteiger partial charge is 0.255 e. The molecule has 5 heteroatoms. The van der Waals surface area contributed by atoms with Crippen LogP contribution in [0.4, 0.5) is 0 Å². The molecule has 1 atom stereocenters. The van der Waals surface area contributed by atoms with Crippen molar-refractivity contribution in [3.63, 3.8) is 0 Å². The van der Waals surface area contributed by atoms with Crippen LogP contribution in [-0.2, 0) is 5.60 Å². The molecular formula is C20H25NO4. The maximum Gasteiger partial charge on any atom is 0.255 e. The van der Waals surface area contributed by atoms with Crippen molar-refractivity contribution in [2.75, 3.05) is 6.54 Å². The van der Waals surface area contributed by atoms with Crippen LogP contribution in [0.25, 0.3) is 0 Å². The number of hydrogen-bond donors (Lipinski definition) is 2. The van der Waals surface area contributed by atoms with Crippen molar-refractivity contribution in [3.8, 4) is 5.75 Å². The Bertz CT molecular complexity index is 759. The Morgan fingerprint density at radius 2 is 2.08 bits per heavy atom. The van der Waals surface area contributed by atoms with E-state index in [1.165, 1.54) is 6.42 Å². The number of aryl methyl sites for hydroxylation is 2. The van der Waals surface area contributed by atoms with Crippen LogP contribution in [0.15, 0.2) is 34.7 Å². The molecule has 5 nitrogen and oxygen atoms in total. The Labute approximate surface area is 148 Å². The Hall–Kier alpha value is -2.27. The fourth-order valence-electron chi connectivity index (χ4n) is 3.03. The number of aliphatic hydroxyl groups is 1. The van der Waals surface area contributed by atoms with Crippen molar-refractivity contribution >= 4 is 5.91 Å². The normalized spacial score (nSPS) is 16.8. The van der Waals surface area contributed by atoms with Crippen LogP contribution in [-0.4, -0.2) is 23.7 Å². The van der Waals surface area contributed by atoms with Crippen molar-refractivity contribution < 1.29 is 19.1 Å². The lowest BCUT2D eigenvalue weighted by Crippen LogP contribution is -2.39. The van der Waals surface area contributed by atoms with Crippen LogP contribution in [0.5, 0.6) is 5.75 Å².